The number of rotatable bonds is 3. The number of aromatic hydroxyl groups is 1. The van der Waals surface area contributed by atoms with Crippen LogP contribution in [0.3, 0.4) is 0 Å². The van der Waals surface area contributed by atoms with E-state index in [1.165, 1.54) is 19.1 Å². The quantitative estimate of drug-likeness (QED) is 0.737. The molecule has 1 aromatic rings. The average Bonchev–Trinajstić information content (AvgIpc) is 2.22. The Bertz CT molecular complexity index is 463. The Balaban J connectivity index is 2.74. The zero-order chi connectivity index (χ0) is 13.0. The van der Waals surface area contributed by atoms with E-state index < -0.39 is 5.91 Å². The van der Waals surface area contributed by atoms with Crippen molar-refractivity contribution in [2.75, 3.05) is 11.9 Å². The molecule has 0 bridgehead atoms. The molecular formula is C10H10Cl2N2O3. The number of amides is 2. The molecule has 5 nitrogen and oxygen atoms in total. The molecule has 0 saturated heterocycles. The first kappa shape index (κ1) is 13.6. The summed E-state index contributed by atoms with van der Waals surface area (Å²) >= 11 is 11.4. The Morgan fingerprint density at radius 1 is 1.35 bits per heavy atom. The molecule has 0 aliphatic carbocycles. The summed E-state index contributed by atoms with van der Waals surface area (Å²) in [6, 6.07) is 2.70. The summed E-state index contributed by atoms with van der Waals surface area (Å²) in [5.74, 6) is -1.09. The number of benzene rings is 1. The number of hydrogen-bond acceptors (Lipinski definition) is 3. The fourth-order valence-corrected chi connectivity index (χ4v) is 1.55. The van der Waals surface area contributed by atoms with Crippen molar-refractivity contribution < 1.29 is 14.7 Å². The maximum absolute atomic E-state index is 11.4. The van der Waals surface area contributed by atoms with Gasteiger partial charge in [-0.1, -0.05) is 23.2 Å². The molecule has 1 aromatic carbocycles. The molecule has 0 unspecified atom stereocenters. The highest BCUT2D eigenvalue weighted by atomic mass is 35.5. The lowest BCUT2D eigenvalue weighted by atomic mass is 10.3. The zero-order valence-corrected chi connectivity index (χ0v) is 10.4. The largest absolute Gasteiger partial charge is 0.504 e. The van der Waals surface area contributed by atoms with Gasteiger partial charge < -0.3 is 15.7 Å². The summed E-state index contributed by atoms with van der Waals surface area (Å²) in [6.45, 7) is 1.10. The second-order valence-corrected chi connectivity index (χ2v) is 4.09. The van der Waals surface area contributed by atoms with E-state index in [0.29, 0.717) is 0 Å². The lowest BCUT2D eigenvalue weighted by Crippen LogP contribution is -2.31. The molecule has 0 heterocycles. The highest BCUT2D eigenvalue weighted by Crippen LogP contribution is 2.34. The van der Waals surface area contributed by atoms with E-state index in [1.54, 1.807) is 0 Å². The third-order valence-corrected chi connectivity index (χ3v) is 2.31. The SMILES string of the molecule is CC(=O)NCC(=O)Nc1cc(Cl)cc(Cl)c1O. The summed E-state index contributed by atoms with van der Waals surface area (Å²) in [6.07, 6.45) is 0. The van der Waals surface area contributed by atoms with Crippen molar-refractivity contribution in [1.29, 1.82) is 0 Å². The van der Waals surface area contributed by atoms with E-state index >= 15 is 0 Å². The molecule has 3 N–H and O–H groups in total. The van der Waals surface area contributed by atoms with Gasteiger partial charge in [-0.3, -0.25) is 9.59 Å². The first-order valence-electron chi connectivity index (χ1n) is 4.62. The molecule has 17 heavy (non-hydrogen) atoms. The maximum Gasteiger partial charge on any atom is 0.243 e. The standard InChI is InChI=1S/C10H10Cl2N2O3/c1-5(15)13-4-9(16)14-8-3-6(11)2-7(12)10(8)17/h2-3,17H,4H2,1H3,(H,13,15)(H,14,16). The normalized spacial score (nSPS) is 9.82. The Kier molecular flexibility index (Phi) is 4.60. The number of anilines is 1. The van der Waals surface area contributed by atoms with Crippen LogP contribution in [-0.4, -0.2) is 23.5 Å². The highest BCUT2D eigenvalue weighted by Gasteiger charge is 2.11. The molecule has 0 spiro atoms. The maximum atomic E-state index is 11.4. The fourth-order valence-electron chi connectivity index (χ4n) is 1.06. The minimum absolute atomic E-state index is 0.0346. The van der Waals surface area contributed by atoms with Crippen LogP contribution in [0, 0.1) is 0 Å². The Morgan fingerprint density at radius 3 is 2.59 bits per heavy atom. The van der Waals surface area contributed by atoms with E-state index in [4.69, 9.17) is 23.2 Å². The van der Waals surface area contributed by atoms with Gasteiger partial charge in [-0.15, -0.1) is 0 Å². The summed E-state index contributed by atoms with van der Waals surface area (Å²) < 4.78 is 0. The van der Waals surface area contributed by atoms with Crippen LogP contribution in [0.1, 0.15) is 6.92 Å². The third-order valence-electron chi connectivity index (χ3n) is 1.80. The van der Waals surface area contributed by atoms with Gasteiger partial charge in [0.15, 0.2) is 5.75 Å². The molecule has 0 fully saturated rings. The van der Waals surface area contributed by atoms with E-state index in [1.807, 2.05) is 0 Å². The second kappa shape index (κ2) is 5.75. The van der Waals surface area contributed by atoms with Gasteiger partial charge in [0.2, 0.25) is 11.8 Å². The van der Waals surface area contributed by atoms with Crippen LogP contribution in [0.15, 0.2) is 12.1 Å². The van der Waals surface area contributed by atoms with Gasteiger partial charge >= 0.3 is 0 Å². The van der Waals surface area contributed by atoms with E-state index in [-0.39, 0.29) is 33.9 Å². The number of carbonyl (C=O) groups is 2. The molecule has 0 aliphatic heterocycles. The zero-order valence-electron chi connectivity index (χ0n) is 8.88. The smallest absolute Gasteiger partial charge is 0.243 e. The topological polar surface area (TPSA) is 78.4 Å². The first-order valence-corrected chi connectivity index (χ1v) is 5.38. The number of halogens is 2. The van der Waals surface area contributed by atoms with Gasteiger partial charge in [0.25, 0.3) is 0 Å². The monoisotopic (exact) mass is 276 g/mol. The highest BCUT2D eigenvalue weighted by molar-refractivity contribution is 6.36. The first-order chi connectivity index (χ1) is 7.90. The van der Waals surface area contributed by atoms with E-state index in [9.17, 15) is 14.7 Å². The molecule has 0 radical (unpaired) electrons. The molecule has 92 valence electrons. The third kappa shape index (κ3) is 4.13. The predicted molar refractivity (Wildman–Crippen MR) is 65.4 cm³/mol. The van der Waals surface area contributed by atoms with Gasteiger partial charge in [0, 0.05) is 11.9 Å². The lowest BCUT2D eigenvalue weighted by molar-refractivity contribution is -0.122. The number of phenols is 1. The van der Waals surface area contributed by atoms with Crippen molar-refractivity contribution in [3.8, 4) is 5.75 Å². The number of phenolic OH excluding ortho intramolecular Hbond substituents is 1. The van der Waals surface area contributed by atoms with Gasteiger partial charge in [-0.05, 0) is 12.1 Å². The predicted octanol–water partition coefficient (Wildman–Crippen LogP) is 1.77. The fraction of sp³-hybridized carbons (Fsp3) is 0.200. The molecule has 0 atom stereocenters. The van der Waals surface area contributed by atoms with Crippen molar-refractivity contribution in [1.82, 2.24) is 5.32 Å². The Morgan fingerprint density at radius 2 is 2.00 bits per heavy atom. The molecule has 0 aromatic heterocycles. The number of carbonyl (C=O) groups excluding carboxylic acids is 2. The minimum atomic E-state index is -0.492. The van der Waals surface area contributed by atoms with Crippen LogP contribution >= 0.6 is 23.2 Å². The van der Waals surface area contributed by atoms with Crippen molar-refractivity contribution in [2.24, 2.45) is 0 Å². The van der Waals surface area contributed by atoms with Crippen LogP contribution < -0.4 is 10.6 Å². The van der Waals surface area contributed by atoms with Crippen LogP contribution in [0.2, 0.25) is 10.0 Å². The molecule has 0 saturated carbocycles. The van der Waals surface area contributed by atoms with Crippen LogP contribution in [0.4, 0.5) is 5.69 Å². The van der Waals surface area contributed by atoms with Gasteiger partial charge in [-0.25, -0.2) is 0 Å². The van der Waals surface area contributed by atoms with E-state index in [0.717, 1.165) is 0 Å². The van der Waals surface area contributed by atoms with Crippen LogP contribution in [-0.2, 0) is 9.59 Å². The van der Waals surface area contributed by atoms with Crippen molar-refractivity contribution >= 4 is 40.7 Å². The van der Waals surface area contributed by atoms with Crippen molar-refractivity contribution in [2.45, 2.75) is 6.92 Å². The van der Waals surface area contributed by atoms with Crippen LogP contribution in [0.5, 0.6) is 5.75 Å². The summed E-state index contributed by atoms with van der Waals surface area (Å²) in [4.78, 5) is 22.0. The van der Waals surface area contributed by atoms with Gasteiger partial charge in [0.1, 0.15) is 0 Å². The Hall–Kier alpha value is -1.46. The van der Waals surface area contributed by atoms with Gasteiger partial charge in [0.05, 0.1) is 17.3 Å². The van der Waals surface area contributed by atoms with Gasteiger partial charge in [-0.2, -0.15) is 0 Å². The van der Waals surface area contributed by atoms with Crippen molar-refractivity contribution in [3.63, 3.8) is 0 Å². The molecule has 7 heteroatoms. The molecule has 2 amide bonds. The summed E-state index contributed by atoms with van der Waals surface area (Å²) in [7, 11) is 0. The number of hydrogen-bond donors (Lipinski definition) is 3. The molecular weight excluding hydrogens is 267 g/mol. The molecule has 1 rings (SSSR count). The molecule has 0 aliphatic rings. The number of nitrogens with one attached hydrogen (secondary N) is 2. The minimum Gasteiger partial charge on any atom is -0.504 e. The lowest BCUT2D eigenvalue weighted by Gasteiger charge is -2.09. The van der Waals surface area contributed by atoms with Crippen LogP contribution in [0.25, 0.3) is 0 Å². The summed E-state index contributed by atoms with van der Waals surface area (Å²) in [5, 5.41) is 14.6. The Labute approximate surface area is 108 Å². The van der Waals surface area contributed by atoms with E-state index in [2.05, 4.69) is 10.6 Å². The summed E-state index contributed by atoms with van der Waals surface area (Å²) in [5.41, 5.74) is 0.0952. The van der Waals surface area contributed by atoms with Crippen molar-refractivity contribution in [3.05, 3.63) is 22.2 Å². The second-order valence-electron chi connectivity index (χ2n) is 3.24. The average molecular weight is 277 g/mol.